The highest BCUT2D eigenvalue weighted by atomic mass is 19.3. The zero-order chi connectivity index (χ0) is 12.3. The molecule has 86 valence electrons. The van der Waals surface area contributed by atoms with E-state index in [1.807, 2.05) is 0 Å². The summed E-state index contributed by atoms with van der Waals surface area (Å²) in [5.74, 6) is 0. The number of rotatable bonds is 3. The van der Waals surface area contributed by atoms with Gasteiger partial charge in [0.1, 0.15) is 6.29 Å². The van der Waals surface area contributed by atoms with E-state index in [2.05, 4.69) is 0 Å². The Hall–Kier alpha value is -2.03. The van der Waals surface area contributed by atoms with Gasteiger partial charge in [-0.15, -0.1) is 0 Å². The van der Waals surface area contributed by atoms with E-state index < -0.39 is 6.43 Å². The Morgan fingerprint density at radius 3 is 2.24 bits per heavy atom. The standard InChI is InChI=1S/C14H10F2O/c15-14(16)13-6-2-5-12(8-13)11-4-1-3-10(7-11)9-17/h1-9,14H. The molecule has 0 bridgehead atoms. The van der Waals surface area contributed by atoms with Crippen LogP contribution >= 0.6 is 0 Å². The lowest BCUT2D eigenvalue weighted by Gasteiger charge is -2.05. The Kier molecular flexibility index (Phi) is 3.28. The number of carbonyl (C=O) groups is 1. The van der Waals surface area contributed by atoms with E-state index in [1.54, 1.807) is 36.4 Å². The van der Waals surface area contributed by atoms with Crippen LogP contribution in [0.3, 0.4) is 0 Å². The molecule has 0 aromatic heterocycles. The number of hydrogen-bond donors (Lipinski definition) is 0. The van der Waals surface area contributed by atoms with Crippen molar-refractivity contribution in [2.45, 2.75) is 6.43 Å². The monoisotopic (exact) mass is 232 g/mol. The topological polar surface area (TPSA) is 17.1 Å². The van der Waals surface area contributed by atoms with Crippen molar-refractivity contribution in [2.24, 2.45) is 0 Å². The molecule has 0 atom stereocenters. The minimum absolute atomic E-state index is 0.0148. The number of aldehydes is 1. The van der Waals surface area contributed by atoms with Crippen molar-refractivity contribution in [3.05, 3.63) is 59.7 Å². The van der Waals surface area contributed by atoms with Gasteiger partial charge in [0.25, 0.3) is 6.43 Å². The quantitative estimate of drug-likeness (QED) is 0.728. The molecule has 0 aliphatic rings. The second-order valence-corrected chi connectivity index (χ2v) is 3.67. The first-order valence-corrected chi connectivity index (χ1v) is 5.14. The molecule has 2 aromatic rings. The van der Waals surface area contributed by atoms with Crippen molar-refractivity contribution >= 4 is 6.29 Å². The van der Waals surface area contributed by atoms with Gasteiger partial charge in [-0.3, -0.25) is 4.79 Å². The summed E-state index contributed by atoms with van der Waals surface area (Å²) in [6.45, 7) is 0. The molecule has 0 aliphatic heterocycles. The SMILES string of the molecule is O=Cc1cccc(-c2cccc(C(F)F)c2)c1. The van der Waals surface area contributed by atoms with Crippen LogP contribution in [-0.4, -0.2) is 6.29 Å². The van der Waals surface area contributed by atoms with Crippen LogP contribution in [0.5, 0.6) is 0 Å². The molecule has 0 heterocycles. The minimum Gasteiger partial charge on any atom is -0.298 e. The fraction of sp³-hybridized carbons (Fsp3) is 0.0714. The second-order valence-electron chi connectivity index (χ2n) is 3.67. The summed E-state index contributed by atoms with van der Waals surface area (Å²) < 4.78 is 25.1. The van der Waals surface area contributed by atoms with Gasteiger partial charge in [-0.1, -0.05) is 36.4 Å². The third kappa shape index (κ3) is 2.56. The first-order valence-electron chi connectivity index (χ1n) is 5.14. The Morgan fingerprint density at radius 1 is 0.941 bits per heavy atom. The van der Waals surface area contributed by atoms with Crippen LogP contribution in [0, 0.1) is 0 Å². The predicted molar refractivity (Wildman–Crippen MR) is 62.2 cm³/mol. The van der Waals surface area contributed by atoms with E-state index in [0.717, 1.165) is 11.8 Å². The van der Waals surface area contributed by atoms with Crippen LogP contribution < -0.4 is 0 Å². The first-order chi connectivity index (χ1) is 8.20. The van der Waals surface area contributed by atoms with Crippen molar-refractivity contribution in [2.75, 3.05) is 0 Å². The Morgan fingerprint density at radius 2 is 1.59 bits per heavy atom. The van der Waals surface area contributed by atoms with Gasteiger partial charge in [0.15, 0.2) is 0 Å². The molecule has 0 saturated carbocycles. The highest BCUT2D eigenvalue weighted by Gasteiger charge is 2.07. The average molecular weight is 232 g/mol. The van der Waals surface area contributed by atoms with Gasteiger partial charge in [0.05, 0.1) is 0 Å². The summed E-state index contributed by atoms with van der Waals surface area (Å²) in [7, 11) is 0. The number of carbonyl (C=O) groups excluding carboxylic acids is 1. The van der Waals surface area contributed by atoms with E-state index >= 15 is 0 Å². The van der Waals surface area contributed by atoms with Crippen LogP contribution in [0.25, 0.3) is 11.1 Å². The van der Waals surface area contributed by atoms with Crippen LogP contribution in [0.1, 0.15) is 22.3 Å². The Labute approximate surface area is 97.7 Å². The van der Waals surface area contributed by atoms with E-state index in [9.17, 15) is 13.6 Å². The molecule has 17 heavy (non-hydrogen) atoms. The van der Waals surface area contributed by atoms with Crippen molar-refractivity contribution in [3.8, 4) is 11.1 Å². The molecule has 0 aliphatic carbocycles. The van der Waals surface area contributed by atoms with E-state index in [0.29, 0.717) is 11.1 Å². The van der Waals surface area contributed by atoms with Gasteiger partial charge in [-0.25, -0.2) is 8.78 Å². The third-order valence-electron chi connectivity index (χ3n) is 2.49. The van der Waals surface area contributed by atoms with E-state index in [1.165, 1.54) is 12.1 Å². The largest absolute Gasteiger partial charge is 0.298 e. The average Bonchev–Trinajstić information content (AvgIpc) is 2.39. The van der Waals surface area contributed by atoms with Gasteiger partial charge < -0.3 is 0 Å². The summed E-state index contributed by atoms with van der Waals surface area (Å²) in [6, 6.07) is 13.0. The van der Waals surface area contributed by atoms with Crippen molar-refractivity contribution < 1.29 is 13.6 Å². The zero-order valence-electron chi connectivity index (χ0n) is 8.94. The lowest BCUT2D eigenvalue weighted by Crippen LogP contribution is -1.86. The summed E-state index contributed by atoms with van der Waals surface area (Å²) in [5, 5.41) is 0. The maximum atomic E-state index is 12.6. The van der Waals surface area contributed by atoms with Crippen molar-refractivity contribution in [1.82, 2.24) is 0 Å². The Bertz CT molecular complexity index is 535. The predicted octanol–water partition coefficient (Wildman–Crippen LogP) is 4.10. The van der Waals surface area contributed by atoms with Gasteiger partial charge >= 0.3 is 0 Å². The third-order valence-corrected chi connectivity index (χ3v) is 2.49. The summed E-state index contributed by atoms with van der Waals surface area (Å²) in [5.41, 5.74) is 1.97. The lowest BCUT2D eigenvalue weighted by atomic mass is 10.0. The van der Waals surface area contributed by atoms with Crippen LogP contribution in [0.15, 0.2) is 48.5 Å². The lowest BCUT2D eigenvalue weighted by molar-refractivity contribution is 0.112. The fourth-order valence-corrected chi connectivity index (χ4v) is 1.65. The molecular weight excluding hydrogens is 222 g/mol. The molecule has 2 aromatic carbocycles. The molecule has 0 unspecified atom stereocenters. The minimum atomic E-state index is -2.48. The molecule has 3 heteroatoms. The highest BCUT2D eigenvalue weighted by molar-refractivity contribution is 5.78. The zero-order valence-corrected chi connectivity index (χ0v) is 8.94. The van der Waals surface area contributed by atoms with Crippen LogP contribution in [0.2, 0.25) is 0 Å². The summed E-state index contributed by atoms with van der Waals surface area (Å²) >= 11 is 0. The Balaban J connectivity index is 2.45. The smallest absolute Gasteiger partial charge is 0.263 e. The maximum Gasteiger partial charge on any atom is 0.263 e. The van der Waals surface area contributed by atoms with Gasteiger partial charge in [-0.2, -0.15) is 0 Å². The maximum absolute atomic E-state index is 12.6. The van der Waals surface area contributed by atoms with E-state index in [-0.39, 0.29) is 5.56 Å². The normalized spacial score (nSPS) is 10.5. The van der Waals surface area contributed by atoms with Crippen molar-refractivity contribution in [3.63, 3.8) is 0 Å². The number of benzene rings is 2. The number of alkyl halides is 2. The number of hydrogen-bond acceptors (Lipinski definition) is 1. The molecule has 2 rings (SSSR count). The fourth-order valence-electron chi connectivity index (χ4n) is 1.65. The first kappa shape index (κ1) is 11.5. The molecule has 0 radical (unpaired) electrons. The van der Waals surface area contributed by atoms with Crippen LogP contribution in [0.4, 0.5) is 8.78 Å². The molecule has 0 saturated heterocycles. The molecule has 0 fully saturated rings. The summed E-state index contributed by atoms with van der Waals surface area (Å²) in [4.78, 5) is 10.6. The molecular formula is C14H10F2O. The molecule has 0 N–H and O–H groups in total. The highest BCUT2D eigenvalue weighted by Crippen LogP contribution is 2.25. The second kappa shape index (κ2) is 4.87. The van der Waals surface area contributed by atoms with Gasteiger partial charge in [0.2, 0.25) is 0 Å². The molecule has 0 amide bonds. The van der Waals surface area contributed by atoms with Gasteiger partial charge in [0, 0.05) is 11.1 Å². The van der Waals surface area contributed by atoms with Crippen molar-refractivity contribution in [1.29, 1.82) is 0 Å². The van der Waals surface area contributed by atoms with E-state index in [4.69, 9.17) is 0 Å². The van der Waals surface area contributed by atoms with Crippen LogP contribution in [-0.2, 0) is 0 Å². The molecule has 1 nitrogen and oxygen atoms in total. The molecule has 0 spiro atoms. The van der Waals surface area contributed by atoms with Gasteiger partial charge in [-0.05, 0) is 23.3 Å². The number of halogens is 2. The summed E-state index contributed by atoms with van der Waals surface area (Å²) in [6.07, 6.45) is -1.75.